The van der Waals surface area contributed by atoms with Gasteiger partial charge in [0.25, 0.3) is 0 Å². The second-order valence-electron chi connectivity index (χ2n) is 2.17. The van der Waals surface area contributed by atoms with Crippen molar-refractivity contribution in [1.29, 1.82) is 0 Å². The number of carbonyl (C=O) groups excluding carboxylic acids is 1. The molecule has 1 nitrogen and oxygen atoms in total. The van der Waals surface area contributed by atoms with E-state index in [0.717, 1.165) is 6.08 Å². The van der Waals surface area contributed by atoms with Gasteiger partial charge in [0.15, 0.2) is 5.78 Å². The zero-order chi connectivity index (χ0) is 9.14. The van der Waals surface area contributed by atoms with Crippen LogP contribution in [0.2, 0.25) is 0 Å². The van der Waals surface area contributed by atoms with Crippen LogP contribution in [0.5, 0.6) is 0 Å². The molecule has 12 heavy (non-hydrogen) atoms. The molecule has 0 radical (unpaired) electrons. The Labute approximate surface area is 78.0 Å². The third-order valence-electron chi connectivity index (χ3n) is 1.40. The van der Waals surface area contributed by atoms with Crippen molar-refractivity contribution in [1.82, 2.24) is 0 Å². The number of allylic oxidation sites excluding steroid dienone is 1. The Bertz CT molecular complexity index is 333. The minimum absolute atomic E-state index is 0.0411. The zero-order valence-electron chi connectivity index (χ0n) is 6.18. The first-order chi connectivity index (χ1) is 5.66. The van der Waals surface area contributed by atoms with Crippen LogP contribution in [0.3, 0.4) is 0 Å². The third-order valence-corrected chi connectivity index (χ3v) is 2.01. The Balaban J connectivity index is 3.25. The highest BCUT2D eigenvalue weighted by atomic mass is 79.9. The van der Waals surface area contributed by atoms with E-state index < -0.39 is 11.6 Å². The summed E-state index contributed by atoms with van der Waals surface area (Å²) >= 11 is 2.98. The number of hydrogen-bond donors (Lipinski definition) is 0. The summed E-state index contributed by atoms with van der Waals surface area (Å²) in [6.07, 6.45) is 1.09. The number of halogens is 2. The summed E-state index contributed by atoms with van der Waals surface area (Å²) in [5, 5.41) is 0. The predicted octanol–water partition coefficient (Wildman–Crippen LogP) is 2.96. The first-order valence-electron chi connectivity index (χ1n) is 3.27. The van der Waals surface area contributed by atoms with Crippen molar-refractivity contribution in [2.75, 3.05) is 0 Å². The summed E-state index contributed by atoms with van der Waals surface area (Å²) in [7, 11) is 0. The van der Waals surface area contributed by atoms with Crippen LogP contribution >= 0.6 is 15.9 Å². The molecule has 0 saturated heterocycles. The van der Waals surface area contributed by atoms with Crippen LogP contribution in [0.4, 0.5) is 4.39 Å². The lowest BCUT2D eigenvalue weighted by atomic mass is 10.1. The fourth-order valence-electron chi connectivity index (χ4n) is 0.804. The molecule has 0 aliphatic rings. The molecule has 0 amide bonds. The van der Waals surface area contributed by atoms with E-state index in [1.54, 1.807) is 6.07 Å². The van der Waals surface area contributed by atoms with E-state index in [-0.39, 0.29) is 10.0 Å². The SMILES string of the molecule is C=CC(=O)c1cccc(Br)c1F. The summed E-state index contributed by atoms with van der Waals surface area (Å²) in [5.74, 6) is -0.948. The van der Waals surface area contributed by atoms with Crippen molar-refractivity contribution in [2.24, 2.45) is 0 Å². The van der Waals surface area contributed by atoms with Crippen molar-refractivity contribution in [3.05, 3.63) is 46.7 Å². The molecule has 62 valence electrons. The lowest BCUT2D eigenvalue weighted by molar-refractivity contribution is 0.104. The topological polar surface area (TPSA) is 17.1 Å². The van der Waals surface area contributed by atoms with Gasteiger partial charge in [0, 0.05) is 0 Å². The van der Waals surface area contributed by atoms with Crippen LogP contribution in [0.25, 0.3) is 0 Å². The van der Waals surface area contributed by atoms with E-state index in [0.29, 0.717) is 0 Å². The molecule has 1 aromatic rings. The van der Waals surface area contributed by atoms with Crippen LogP contribution in [0, 0.1) is 5.82 Å². The molecule has 0 aromatic heterocycles. The second-order valence-corrected chi connectivity index (χ2v) is 3.02. The van der Waals surface area contributed by atoms with E-state index in [1.165, 1.54) is 12.1 Å². The fourth-order valence-corrected chi connectivity index (χ4v) is 1.17. The Morgan fingerprint density at radius 1 is 1.58 bits per heavy atom. The lowest BCUT2D eigenvalue weighted by Crippen LogP contribution is -1.98. The van der Waals surface area contributed by atoms with E-state index in [4.69, 9.17) is 0 Å². The molecule has 0 atom stereocenters. The summed E-state index contributed by atoms with van der Waals surface area (Å²) in [6.45, 7) is 3.28. The molecule has 3 heteroatoms. The van der Waals surface area contributed by atoms with Crippen LogP contribution in [-0.4, -0.2) is 5.78 Å². The van der Waals surface area contributed by atoms with Gasteiger partial charge in [0.05, 0.1) is 10.0 Å². The van der Waals surface area contributed by atoms with Gasteiger partial charge in [-0.2, -0.15) is 0 Å². The van der Waals surface area contributed by atoms with E-state index in [2.05, 4.69) is 22.5 Å². The van der Waals surface area contributed by atoms with Gasteiger partial charge in [-0.25, -0.2) is 4.39 Å². The smallest absolute Gasteiger partial charge is 0.188 e. The molecule has 1 rings (SSSR count). The highest BCUT2D eigenvalue weighted by molar-refractivity contribution is 9.10. The fraction of sp³-hybridized carbons (Fsp3) is 0. The van der Waals surface area contributed by atoms with E-state index >= 15 is 0 Å². The van der Waals surface area contributed by atoms with Crippen molar-refractivity contribution < 1.29 is 9.18 Å². The molecule has 0 heterocycles. The number of hydrogen-bond acceptors (Lipinski definition) is 1. The lowest BCUT2D eigenvalue weighted by Gasteiger charge is -1.98. The van der Waals surface area contributed by atoms with Gasteiger partial charge in [-0.3, -0.25) is 4.79 Å². The monoisotopic (exact) mass is 228 g/mol. The number of benzene rings is 1. The normalized spacial score (nSPS) is 9.50. The van der Waals surface area contributed by atoms with E-state index in [9.17, 15) is 9.18 Å². The van der Waals surface area contributed by atoms with Crippen LogP contribution in [0.1, 0.15) is 10.4 Å². The molecular formula is C9H6BrFO. The molecule has 0 bridgehead atoms. The first-order valence-corrected chi connectivity index (χ1v) is 4.07. The number of ketones is 1. The minimum Gasteiger partial charge on any atom is -0.289 e. The Kier molecular flexibility index (Phi) is 2.76. The first kappa shape index (κ1) is 9.13. The maximum Gasteiger partial charge on any atom is 0.188 e. The van der Waals surface area contributed by atoms with E-state index in [1.807, 2.05) is 0 Å². The zero-order valence-corrected chi connectivity index (χ0v) is 7.77. The van der Waals surface area contributed by atoms with Gasteiger partial charge >= 0.3 is 0 Å². The Morgan fingerprint density at radius 2 is 2.25 bits per heavy atom. The molecule has 0 spiro atoms. The summed E-state index contributed by atoms with van der Waals surface area (Å²) < 4.78 is 13.4. The number of carbonyl (C=O) groups is 1. The van der Waals surface area contributed by atoms with Gasteiger partial charge < -0.3 is 0 Å². The quantitative estimate of drug-likeness (QED) is 0.562. The predicted molar refractivity (Wildman–Crippen MR) is 48.6 cm³/mol. The molecule has 1 aromatic carbocycles. The minimum atomic E-state index is -0.539. The van der Waals surface area contributed by atoms with Crippen molar-refractivity contribution >= 4 is 21.7 Å². The van der Waals surface area contributed by atoms with Gasteiger partial charge in [-0.05, 0) is 34.1 Å². The standard InChI is InChI=1S/C9H6BrFO/c1-2-8(12)6-4-3-5-7(10)9(6)11/h2-5H,1H2. The Hall–Kier alpha value is -0.960. The Morgan fingerprint density at radius 3 is 2.83 bits per heavy atom. The molecule has 0 N–H and O–H groups in total. The largest absolute Gasteiger partial charge is 0.289 e. The van der Waals surface area contributed by atoms with Gasteiger partial charge in [0.2, 0.25) is 0 Å². The van der Waals surface area contributed by atoms with Gasteiger partial charge in [0.1, 0.15) is 5.82 Å². The van der Waals surface area contributed by atoms with Crippen molar-refractivity contribution in [2.45, 2.75) is 0 Å². The maximum atomic E-state index is 13.1. The highest BCUT2D eigenvalue weighted by Crippen LogP contribution is 2.18. The van der Waals surface area contributed by atoms with Crippen molar-refractivity contribution in [3.63, 3.8) is 0 Å². The maximum absolute atomic E-state index is 13.1. The third kappa shape index (κ3) is 1.61. The highest BCUT2D eigenvalue weighted by Gasteiger charge is 2.09. The van der Waals surface area contributed by atoms with Crippen LogP contribution < -0.4 is 0 Å². The molecule has 0 aliphatic heterocycles. The molecule has 0 unspecified atom stereocenters. The summed E-state index contributed by atoms with van der Waals surface area (Å²) in [5.41, 5.74) is 0.0411. The van der Waals surface area contributed by atoms with Crippen LogP contribution in [0.15, 0.2) is 35.3 Å². The molecule has 0 saturated carbocycles. The molecule has 0 fully saturated rings. The van der Waals surface area contributed by atoms with Gasteiger partial charge in [-0.1, -0.05) is 12.6 Å². The molecule has 0 aliphatic carbocycles. The van der Waals surface area contributed by atoms with Gasteiger partial charge in [-0.15, -0.1) is 0 Å². The summed E-state index contributed by atoms with van der Waals surface area (Å²) in [6, 6.07) is 4.56. The average molecular weight is 229 g/mol. The number of rotatable bonds is 2. The average Bonchev–Trinajstić information content (AvgIpc) is 2.08. The second kappa shape index (κ2) is 3.63. The summed E-state index contributed by atoms with van der Waals surface area (Å²) in [4.78, 5) is 11.0. The van der Waals surface area contributed by atoms with Crippen LogP contribution in [-0.2, 0) is 0 Å². The molecular weight excluding hydrogens is 223 g/mol. The van der Waals surface area contributed by atoms with Crippen molar-refractivity contribution in [3.8, 4) is 0 Å².